The predicted molar refractivity (Wildman–Crippen MR) is 140 cm³/mol. The summed E-state index contributed by atoms with van der Waals surface area (Å²) in [6.45, 7) is 2.03. The van der Waals surface area contributed by atoms with Gasteiger partial charge in [0.2, 0.25) is 17.5 Å². The lowest BCUT2D eigenvalue weighted by Gasteiger charge is -2.29. The molecule has 0 aliphatic heterocycles. The SMILES string of the molecule is COc1cc(-c2noc(CCN(C(=O)c3ccc(C(F)(F)F)cc3)[C@H](C)c3ccccc3)n2)cc(OC)c1OC. The number of halogens is 3. The first kappa shape index (κ1) is 28.5. The van der Waals surface area contributed by atoms with E-state index in [2.05, 4.69) is 10.1 Å². The zero-order valence-corrected chi connectivity index (χ0v) is 22.4. The van der Waals surface area contributed by atoms with Gasteiger partial charge in [-0.2, -0.15) is 18.2 Å². The fraction of sp³-hybridized carbons (Fsp3) is 0.276. The summed E-state index contributed by atoms with van der Waals surface area (Å²) in [6.07, 6.45) is -4.28. The van der Waals surface area contributed by atoms with Gasteiger partial charge in [-0.25, -0.2) is 0 Å². The summed E-state index contributed by atoms with van der Waals surface area (Å²) >= 11 is 0. The van der Waals surface area contributed by atoms with Crippen LogP contribution in [0.15, 0.2) is 71.3 Å². The molecule has 0 spiro atoms. The second-order valence-electron chi connectivity index (χ2n) is 8.84. The van der Waals surface area contributed by atoms with E-state index in [4.69, 9.17) is 18.7 Å². The third kappa shape index (κ3) is 6.19. The normalized spacial score (nSPS) is 12.1. The summed E-state index contributed by atoms with van der Waals surface area (Å²) < 4.78 is 60.7. The van der Waals surface area contributed by atoms with Crippen LogP contribution in [0.2, 0.25) is 0 Å². The number of alkyl halides is 3. The predicted octanol–water partition coefficient (Wildman–Crippen LogP) is 6.23. The van der Waals surface area contributed by atoms with Gasteiger partial charge < -0.3 is 23.6 Å². The van der Waals surface area contributed by atoms with E-state index in [0.29, 0.717) is 22.8 Å². The van der Waals surface area contributed by atoms with Gasteiger partial charge in [-0.3, -0.25) is 4.79 Å². The second kappa shape index (κ2) is 12.1. The van der Waals surface area contributed by atoms with Gasteiger partial charge in [0.25, 0.3) is 5.91 Å². The number of aromatic nitrogens is 2. The summed E-state index contributed by atoms with van der Waals surface area (Å²) in [7, 11) is 4.50. The molecule has 11 heteroatoms. The lowest BCUT2D eigenvalue weighted by atomic mass is 10.0. The van der Waals surface area contributed by atoms with Gasteiger partial charge in [0, 0.05) is 24.1 Å². The molecule has 0 bridgehead atoms. The molecule has 1 amide bonds. The molecule has 0 saturated heterocycles. The first-order valence-electron chi connectivity index (χ1n) is 12.3. The van der Waals surface area contributed by atoms with Crippen molar-refractivity contribution in [3.05, 3.63) is 89.3 Å². The highest BCUT2D eigenvalue weighted by atomic mass is 19.4. The molecule has 0 fully saturated rings. The molecule has 0 unspecified atom stereocenters. The zero-order chi connectivity index (χ0) is 28.9. The first-order valence-corrected chi connectivity index (χ1v) is 12.3. The van der Waals surface area contributed by atoms with Crippen molar-refractivity contribution in [1.29, 1.82) is 0 Å². The number of carbonyl (C=O) groups is 1. The molecule has 3 aromatic carbocycles. The monoisotopic (exact) mass is 555 g/mol. The number of nitrogens with zero attached hydrogens (tertiary/aromatic N) is 3. The van der Waals surface area contributed by atoms with Gasteiger partial charge in [0.1, 0.15) is 0 Å². The van der Waals surface area contributed by atoms with Crippen molar-refractivity contribution >= 4 is 5.91 Å². The van der Waals surface area contributed by atoms with Crippen LogP contribution in [0, 0.1) is 0 Å². The van der Waals surface area contributed by atoms with Gasteiger partial charge in [-0.05, 0) is 48.9 Å². The highest BCUT2D eigenvalue weighted by molar-refractivity contribution is 5.94. The number of rotatable bonds is 10. The third-order valence-electron chi connectivity index (χ3n) is 6.43. The highest BCUT2D eigenvalue weighted by Crippen LogP contribution is 2.40. The first-order chi connectivity index (χ1) is 19.2. The van der Waals surface area contributed by atoms with E-state index in [0.717, 1.165) is 17.7 Å². The van der Waals surface area contributed by atoms with Crippen LogP contribution < -0.4 is 14.2 Å². The van der Waals surface area contributed by atoms with Gasteiger partial charge in [-0.1, -0.05) is 35.5 Å². The zero-order valence-electron chi connectivity index (χ0n) is 22.4. The minimum absolute atomic E-state index is 0.138. The smallest absolute Gasteiger partial charge is 0.416 e. The Balaban J connectivity index is 1.58. The van der Waals surface area contributed by atoms with E-state index in [-0.39, 0.29) is 36.3 Å². The maximum Gasteiger partial charge on any atom is 0.416 e. The number of methoxy groups -OCH3 is 3. The Morgan fingerprint density at radius 3 is 2.12 bits per heavy atom. The molecule has 1 atom stereocenters. The lowest BCUT2D eigenvalue weighted by molar-refractivity contribution is -0.137. The minimum atomic E-state index is -4.49. The fourth-order valence-electron chi connectivity index (χ4n) is 4.25. The topological polar surface area (TPSA) is 86.9 Å². The van der Waals surface area contributed by atoms with Crippen LogP contribution in [0.4, 0.5) is 13.2 Å². The fourth-order valence-corrected chi connectivity index (χ4v) is 4.25. The molecule has 4 rings (SSSR count). The van der Waals surface area contributed by atoms with E-state index < -0.39 is 17.6 Å². The maximum atomic E-state index is 13.5. The van der Waals surface area contributed by atoms with E-state index in [1.807, 2.05) is 37.3 Å². The highest BCUT2D eigenvalue weighted by Gasteiger charge is 2.31. The van der Waals surface area contributed by atoms with Crippen LogP contribution in [-0.2, 0) is 12.6 Å². The van der Waals surface area contributed by atoms with Crippen LogP contribution in [-0.4, -0.2) is 48.8 Å². The van der Waals surface area contributed by atoms with Gasteiger partial charge in [-0.15, -0.1) is 0 Å². The second-order valence-corrected chi connectivity index (χ2v) is 8.84. The van der Waals surface area contributed by atoms with Crippen LogP contribution in [0.5, 0.6) is 17.2 Å². The molecule has 0 aliphatic rings. The Bertz CT molecular complexity index is 1410. The molecule has 0 radical (unpaired) electrons. The standard InChI is InChI=1S/C29H28F3N3O5/c1-18(19-8-6-5-7-9-19)35(28(36)20-10-12-22(13-11-20)29(30,31)32)15-14-25-33-27(34-40-25)21-16-23(37-2)26(39-4)24(17-21)38-3/h5-13,16-18H,14-15H2,1-4H3/t18-/m1/s1. The summed E-state index contributed by atoms with van der Waals surface area (Å²) in [5.41, 5.74) is 0.752. The van der Waals surface area contributed by atoms with Gasteiger partial charge in [0.05, 0.1) is 32.9 Å². The van der Waals surface area contributed by atoms with Crippen molar-refractivity contribution in [2.45, 2.75) is 25.6 Å². The number of benzene rings is 3. The van der Waals surface area contributed by atoms with Crippen molar-refractivity contribution in [1.82, 2.24) is 15.0 Å². The van der Waals surface area contributed by atoms with Gasteiger partial charge in [0.15, 0.2) is 11.5 Å². The van der Waals surface area contributed by atoms with Crippen LogP contribution >= 0.6 is 0 Å². The summed E-state index contributed by atoms with van der Waals surface area (Å²) in [5, 5.41) is 4.06. The number of ether oxygens (including phenoxy) is 3. The number of amides is 1. The van der Waals surface area contributed by atoms with Crippen molar-refractivity contribution in [2.75, 3.05) is 27.9 Å². The van der Waals surface area contributed by atoms with E-state index in [9.17, 15) is 18.0 Å². The molecule has 8 nitrogen and oxygen atoms in total. The summed E-state index contributed by atoms with van der Waals surface area (Å²) in [5.74, 6) is 1.40. The van der Waals surface area contributed by atoms with Crippen molar-refractivity contribution in [3.63, 3.8) is 0 Å². The van der Waals surface area contributed by atoms with E-state index >= 15 is 0 Å². The Labute approximate surface area is 229 Å². The maximum absolute atomic E-state index is 13.5. The Morgan fingerprint density at radius 1 is 0.950 bits per heavy atom. The molecular weight excluding hydrogens is 527 g/mol. The van der Waals surface area contributed by atoms with Crippen molar-refractivity contribution < 1.29 is 36.7 Å². The number of hydrogen-bond donors (Lipinski definition) is 0. The van der Waals surface area contributed by atoms with E-state index in [1.165, 1.54) is 33.5 Å². The average molecular weight is 556 g/mol. The molecule has 1 aromatic heterocycles. The number of hydrogen-bond acceptors (Lipinski definition) is 7. The van der Waals surface area contributed by atoms with Crippen LogP contribution in [0.3, 0.4) is 0 Å². The van der Waals surface area contributed by atoms with Crippen LogP contribution in [0.25, 0.3) is 11.4 Å². The molecule has 40 heavy (non-hydrogen) atoms. The molecule has 0 aliphatic carbocycles. The Morgan fingerprint density at radius 2 is 1.57 bits per heavy atom. The van der Waals surface area contributed by atoms with Crippen molar-refractivity contribution in [2.24, 2.45) is 0 Å². The Kier molecular flexibility index (Phi) is 8.61. The molecule has 0 saturated carbocycles. The van der Waals surface area contributed by atoms with Crippen LogP contribution in [0.1, 0.15) is 40.3 Å². The molecular formula is C29H28F3N3O5. The molecule has 1 heterocycles. The number of carbonyl (C=O) groups excluding carboxylic acids is 1. The third-order valence-corrected chi connectivity index (χ3v) is 6.43. The van der Waals surface area contributed by atoms with E-state index in [1.54, 1.807) is 17.0 Å². The lowest BCUT2D eigenvalue weighted by Crippen LogP contribution is -2.35. The quantitative estimate of drug-likeness (QED) is 0.229. The largest absolute Gasteiger partial charge is 0.493 e. The van der Waals surface area contributed by atoms with Gasteiger partial charge >= 0.3 is 6.18 Å². The van der Waals surface area contributed by atoms with Crippen molar-refractivity contribution in [3.8, 4) is 28.6 Å². The molecule has 4 aromatic rings. The summed E-state index contributed by atoms with van der Waals surface area (Å²) in [6, 6.07) is 16.5. The molecule has 210 valence electrons. The average Bonchev–Trinajstić information content (AvgIpc) is 3.45. The summed E-state index contributed by atoms with van der Waals surface area (Å²) in [4.78, 5) is 19.5. The minimum Gasteiger partial charge on any atom is -0.493 e. The Hall–Kier alpha value is -4.54. The molecule has 0 N–H and O–H groups in total.